The summed E-state index contributed by atoms with van der Waals surface area (Å²) in [4.78, 5) is 3.39. The van der Waals surface area contributed by atoms with Gasteiger partial charge in [0, 0.05) is 0 Å². The van der Waals surface area contributed by atoms with Gasteiger partial charge in [-0.2, -0.15) is 5.26 Å². The Balaban J connectivity index is 3.46. The van der Waals surface area contributed by atoms with Crippen molar-refractivity contribution in [2.24, 2.45) is 0 Å². The Labute approximate surface area is 82.9 Å². The fourth-order valence-corrected chi connectivity index (χ4v) is 1.21. The second-order valence-electron chi connectivity index (χ2n) is 2.39. The number of nitrogens with zero attached hydrogens (tertiary/aromatic N) is 2. The van der Waals surface area contributed by atoms with Gasteiger partial charge in [0.25, 0.3) is 6.43 Å². The third-order valence-electron chi connectivity index (χ3n) is 1.61. The second-order valence-corrected chi connectivity index (χ2v) is 2.65. The minimum Gasteiger partial charge on any atom is -0.256 e. The van der Waals surface area contributed by atoms with Crippen LogP contribution < -0.4 is 0 Å². The fraction of sp³-hybridized carbons (Fsp3) is 0.250. The summed E-state index contributed by atoms with van der Waals surface area (Å²) in [7, 11) is 0. The molecule has 1 aromatic heterocycles. The van der Waals surface area contributed by atoms with Crippen LogP contribution in [0.3, 0.4) is 0 Å². The van der Waals surface area contributed by atoms with Crippen LogP contribution in [0.1, 0.15) is 23.2 Å². The van der Waals surface area contributed by atoms with E-state index in [9.17, 15) is 13.2 Å². The quantitative estimate of drug-likeness (QED) is 0.719. The van der Waals surface area contributed by atoms with E-state index in [0.29, 0.717) is 6.20 Å². The van der Waals surface area contributed by atoms with Crippen molar-refractivity contribution >= 4 is 11.6 Å². The van der Waals surface area contributed by atoms with Crippen molar-refractivity contribution in [1.82, 2.24) is 4.98 Å². The molecule has 0 aromatic carbocycles. The van der Waals surface area contributed by atoms with Gasteiger partial charge in [-0.1, -0.05) is 0 Å². The molecule has 0 aliphatic carbocycles. The lowest BCUT2D eigenvalue weighted by atomic mass is 10.1. The van der Waals surface area contributed by atoms with Crippen molar-refractivity contribution in [2.75, 3.05) is 0 Å². The lowest BCUT2D eigenvalue weighted by molar-refractivity contribution is 0.149. The Kier molecular flexibility index (Phi) is 3.31. The lowest BCUT2D eigenvalue weighted by Gasteiger charge is -2.07. The molecule has 2 nitrogen and oxygen atoms in total. The van der Waals surface area contributed by atoms with E-state index in [-0.39, 0.29) is 11.6 Å². The highest BCUT2D eigenvalue weighted by Crippen LogP contribution is 2.27. The van der Waals surface area contributed by atoms with E-state index in [1.54, 1.807) is 0 Å². The monoisotopic (exact) mass is 220 g/mol. The maximum Gasteiger partial charge on any atom is 0.267 e. The summed E-state index contributed by atoms with van der Waals surface area (Å²) in [6.45, 7) is 0. The first kappa shape index (κ1) is 10.8. The van der Waals surface area contributed by atoms with E-state index in [0.717, 1.165) is 0 Å². The van der Waals surface area contributed by atoms with Gasteiger partial charge in [0.1, 0.15) is 11.6 Å². The summed E-state index contributed by atoms with van der Waals surface area (Å²) >= 11 is 5.33. The molecule has 1 aromatic rings. The van der Waals surface area contributed by atoms with Gasteiger partial charge in [0.05, 0.1) is 23.3 Å². The van der Waals surface area contributed by atoms with Crippen LogP contribution in [0, 0.1) is 17.1 Å². The fourth-order valence-electron chi connectivity index (χ4n) is 0.997. The zero-order valence-electron chi connectivity index (χ0n) is 6.77. The van der Waals surface area contributed by atoms with Gasteiger partial charge in [0.2, 0.25) is 0 Å². The number of hydrogen-bond acceptors (Lipinski definition) is 2. The molecule has 0 N–H and O–H groups in total. The highest BCUT2D eigenvalue weighted by atomic mass is 35.5. The molecule has 0 unspecified atom stereocenters. The summed E-state index contributed by atoms with van der Waals surface area (Å²) in [6, 6.07) is 1.37. The van der Waals surface area contributed by atoms with E-state index in [4.69, 9.17) is 16.9 Å². The average Bonchev–Trinajstić information content (AvgIpc) is 2.17. The molecular formula is C8H4ClF3N2. The van der Waals surface area contributed by atoms with E-state index in [1.807, 2.05) is 0 Å². The maximum atomic E-state index is 12.9. The van der Waals surface area contributed by atoms with Gasteiger partial charge in [-0.3, -0.25) is 4.98 Å². The predicted octanol–water partition coefficient (Wildman–Crippen LogP) is 2.77. The van der Waals surface area contributed by atoms with Crippen LogP contribution in [0.4, 0.5) is 13.2 Å². The average molecular weight is 221 g/mol. The summed E-state index contributed by atoms with van der Waals surface area (Å²) in [6.07, 6.45) is -2.25. The van der Waals surface area contributed by atoms with Crippen molar-refractivity contribution in [3.63, 3.8) is 0 Å². The van der Waals surface area contributed by atoms with Crippen LogP contribution in [0.2, 0.25) is 0 Å². The summed E-state index contributed by atoms with van der Waals surface area (Å²) in [5, 5.41) is 8.47. The Bertz CT molecular complexity index is 387. The Morgan fingerprint density at radius 2 is 2.21 bits per heavy atom. The molecule has 0 saturated carbocycles. The van der Waals surface area contributed by atoms with Crippen molar-refractivity contribution in [3.8, 4) is 6.07 Å². The van der Waals surface area contributed by atoms with Gasteiger partial charge in [-0.25, -0.2) is 13.2 Å². The van der Waals surface area contributed by atoms with Crippen molar-refractivity contribution in [3.05, 3.63) is 28.8 Å². The molecule has 0 saturated heterocycles. The molecule has 0 aliphatic heterocycles. The van der Waals surface area contributed by atoms with E-state index >= 15 is 0 Å². The van der Waals surface area contributed by atoms with Crippen LogP contribution in [0.15, 0.2) is 6.20 Å². The minimum absolute atomic E-state index is 0.167. The molecule has 0 radical (unpaired) electrons. The third-order valence-corrected chi connectivity index (χ3v) is 1.86. The second kappa shape index (κ2) is 4.29. The zero-order chi connectivity index (χ0) is 10.7. The number of alkyl halides is 3. The summed E-state index contributed by atoms with van der Waals surface area (Å²) in [5.41, 5.74) is -1.58. The summed E-state index contributed by atoms with van der Waals surface area (Å²) < 4.78 is 37.7. The van der Waals surface area contributed by atoms with Gasteiger partial charge in [-0.15, -0.1) is 11.6 Å². The van der Waals surface area contributed by atoms with Crippen LogP contribution >= 0.6 is 11.6 Å². The molecule has 1 heterocycles. The van der Waals surface area contributed by atoms with Crippen LogP contribution in [0.5, 0.6) is 0 Å². The Morgan fingerprint density at radius 1 is 1.57 bits per heavy atom. The van der Waals surface area contributed by atoms with E-state index in [1.165, 1.54) is 6.07 Å². The smallest absolute Gasteiger partial charge is 0.256 e. The highest BCUT2D eigenvalue weighted by molar-refractivity contribution is 6.17. The number of nitriles is 1. The van der Waals surface area contributed by atoms with Gasteiger partial charge >= 0.3 is 0 Å². The molecule has 0 spiro atoms. The molecule has 0 atom stereocenters. The standard InChI is InChI=1S/C8H4ClF3N2/c9-1-6-7(8(11)12)4(2-13)5(10)3-14-6/h3,8H,1H2. The summed E-state index contributed by atoms with van der Waals surface area (Å²) in [5.74, 6) is -1.34. The zero-order valence-corrected chi connectivity index (χ0v) is 7.52. The van der Waals surface area contributed by atoms with Crippen molar-refractivity contribution in [2.45, 2.75) is 12.3 Å². The molecule has 0 bridgehead atoms. The maximum absolute atomic E-state index is 12.9. The van der Waals surface area contributed by atoms with Gasteiger partial charge < -0.3 is 0 Å². The molecule has 14 heavy (non-hydrogen) atoms. The molecule has 0 aliphatic rings. The van der Waals surface area contributed by atoms with E-state index in [2.05, 4.69) is 4.98 Å². The normalized spacial score (nSPS) is 10.3. The molecule has 0 amide bonds. The van der Waals surface area contributed by atoms with Crippen LogP contribution in [0.25, 0.3) is 0 Å². The van der Waals surface area contributed by atoms with Gasteiger partial charge in [0.15, 0.2) is 5.82 Å². The first-order valence-corrected chi connectivity index (χ1v) is 4.06. The van der Waals surface area contributed by atoms with Gasteiger partial charge in [-0.05, 0) is 0 Å². The molecule has 0 fully saturated rings. The first-order chi connectivity index (χ1) is 6.61. The molecule has 1 rings (SSSR count). The number of halogens is 4. The van der Waals surface area contributed by atoms with E-state index < -0.39 is 23.4 Å². The van der Waals surface area contributed by atoms with Crippen molar-refractivity contribution < 1.29 is 13.2 Å². The SMILES string of the molecule is N#Cc1c(F)cnc(CCl)c1C(F)F. The predicted molar refractivity (Wildman–Crippen MR) is 43.4 cm³/mol. The molecule has 6 heteroatoms. The van der Waals surface area contributed by atoms with Crippen LogP contribution in [-0.2, 0) is 5.88 Å². The number of aromatic nitrogens is 1. The largest absolute Gasteiger partial charge is 0.267 e. The third kappa shape index (κ3) is 1.80. The first-order valence-electron chi connectivity index (χ1n) is 3.53. The molecular weight excluding hydrogens is 217 g/mol. The number of pyridine rings is 1. The Morgan fingerprint density at radius 3 is 2.64 bits per heavy atom. The topological polar surface area (TPSA) is 36.7 Å². The highest BCUT2D eigenvalue weighted by Gasteiger charge is 2.21. The Hall–Kier alpha value is -1.28. The lowest BCUT2D eigenvalue weighted by Crippen LogP contribution is -2.02. The number of hydrogen-bond donors (Lipinski definition) is 0. The number of rotatable bonds is 2. The minimum atomic E-state index is -2.96. The molecule has 74 valence electrons. The van der Waals surface area contributed by atoms with Crippen LogP contribution in [-0.4, -0.2) is 4.98 Å². The van der Waals surface area contributed by atoms with Crippen molar-refractivity contribution in [1.29, 1.82) is 5.26 Å².